The number of tetrazole rings is 1. The molecule has 0 fully saturated rings. The van der Waals surface area contributed by atoms with E-state index in [9.17, 15) is 9.59 Å². The maximum absolute atomic E-state index is 12.6. The van der Waals surface area contributed by atoms with Gasteiger partial charge in [0.25, 0.3) is 0 Å². The molecule has 8 nitrogen and oxygen atoms in total. The van der Waals surface area contributed by atoms with Gasteiger partial charge in [-0.2, -0.15) is 0 Å². The van der Waals surface area contributed by atoms with Crippen molar-refractivity contribution in [3.8, 4) is 0 Å². The lowest BCUT2D eigenvalue weighted by Crippen LogP contribution is -2.29. The van der Waals surface area contributed by atoms with E-state index in [4.69, 9.17) is 4.74 Å². The molecule has 0 spiro atoms. The third-order valence-electron chi connectivity index (χ3n) is 3.75. The number of thiophene rings is 1. The Hall–Kier alpha value is -2.72. The molecular weight excluding hydrogens is 386 g/mol. The number of rotatable bonds is 7. The molecular formula is C17H17N5O3S2. The number of methoxy groups -OCH3 is 1. The Morgan fingerprint density at radius 3 is 2.81 bits per heavy atom. The molecule has 2 heterocycles. The minimum Gasteiger partial charge on any atom is -0.465 e. The van der Waals surface area contributed by atoms with Crippen molar-refractivity contribution in [2.24, 2.45) is 0 Å². The topological polar surface area (TPSA) is 90.2 Å². The third kappa shape index (κ3) is 4.52. The summed E-state index contributed by atoms with van der Waals surface area (Å²) in [5.41, 5.74) is 0.830. The monoisotopic (exact) mass is 403 g/mol. The van der Waals surface area contributed by atoms with E-state index in [-0.39, 0.29) is 11.7 Å². The zero-order valence-corrected chi connectivity index (χ0v) is 16.4. The van der Waals surface area contributed by atoms with Crippen molar-refractivity contribution in [3.05, 3.63) is 52.2 Å². The van der Waals surface area contributed by atoms with Crippen molar-refractivity contribution >= 4 is 40.7 Å². The summed E-state index contributed by atoms with van der Waals surface area (Å²) in [6.45, 7) is 0.558. The van der Waals surface area contributed by atoms with E-state index in [2.05, 4.69) is 15.5 Å². The number of esters is 1. The van der Waals surface area contributed by atoms with Gasteiger partial charge in [-0.15, -0.1) is 16.4 Å². The predicted molar refractivity (Wildman–Crippen MR) is 103 cm³/mol. The molecule has 0 aliphatic heterocycles. The number of anilines is 1. The van der Waals surface area contributed by atoms with Crippen molar-refractivity contribution in [2.45, 2.75) is 11.7 Å². The van der Waals surface area contributed by atoms with E-state index in [1.807, 2.05) is 17.5 Å². The van der Waals surface area contributed by atoms with Crippen LogP contribution in [0.5, 0.6) is 0 Å². The first-order valence-electron chi connectivity index (χ1n) is 7.95. The van der Waals surface area contributed by atoms with Crippen LogP contribution in [-0.2, 0) is 16.1 Å². The van der Waals surface area contributed by atoms with Gasteiger partial charge < -0.3 is 9.64 Å². The normalized spacial score (nSPS) is 10.6. The first-order valence-corrected chi connectivity index (χ1v) is 9.82. The number of benzene rings is 1. The molecule has 0 aliphatic rings. The fourth-order valence-electron chi connectivity index (χ4n) is 2.36. The van der Waals surface area contributed by atoms with E-state index < -0.39 is 5.97 Å². The van der Waals surface area contributed by atoms with Crippen LogP contribution in [0.2, 0.25) is 0 Å². The number of aromatic nitrogens is 4. The summed E-state index contributed by atoms with van der Waals surface area (Å²) in [6, 6.07) is 10.8. The average molecular weight is 403 g/mol. The maximum atomic E-state index is 12.6. The number of amides is 1. The van der Waals surface area contributed by atoms with Crippen LogP contribution in [-0.4, -0.2) is 52.0 Å². The number of nitrogens with zero attached hydrogens (tertiary/aromatic N) is 5. The molecule has 0 unspecified atom stereocenters. The summed E-state index contributed by atoms with van der Waals surface area (Å²) in [5.74, 6) is -0.531. The maximum Gasteiger partial charge on any atom is 0.339 e. The van der Waals surface area contributed by atoms with Gasteiger partial charge in [-0.05, 0) is 34.0 Å². The number of para-hydroxylation sites is 1. The predicted octanol–water partition coefficient (Wildman–Crippen LogP) is 2.32. The van der Waals surface area contributed by atoms with Crippen molar-refractivity contribution in [2.75, 3.05) is 24.8 Å². The van der Waals surface area contributed by atoms with E-state index in [0.717, 1.165) is 4.88 Å². The summed E-state index contributed by atoms with van der Waals surface area (Å²) in [6.07, 6.45) is 0. The second-order valence-corrected chi connectivity index (χ2v) is 7.42. The molecule has 0 atom stereocenters. The molecule has 140 valence electrons. The second-order valence-electron chi connectivity index (χ2n) is 5.45. The zero-order chi connectivity index (χ0) is 19.2. The highest BCUT2D eigenvalue weighted by Crippen LogP contribution is 2.22. The van der Waals surface area contributed by atoms with Crippen molar-refractivity contribution in [1.29, 1.82) is 0 Å². The van der Waals surface area contributed by atoms with Crippen LogP contribution in [0, 0.1) is 0 Å². The SMILES string of the molecule is COC(=O)c1ccccc1N(C)C(=O)CSc1nnnn1Cc1cccs1. The molecule has 1 amide bonds. The third-order valence-corrected chi connectivity index (χ3v) is 5.56. The van der Waals surface area contributed by atoms with Crippen molar-refractivity contribution in [3.63, 3.8) is 0 Å². The van der Waals surface area contributed by atoms with Crippen molar-refractivity contribution < 1.29 is 14.3 Å². The molecule has 3 rings (SSSR count). The smallest absolute Gasteiger partial charge is 0.339 e. The molecule has 1 aromatic carbocycles. The average Bonchev–Trinajstić information content (AvgIpc) is 3.37. The zero-order valence-electron chi connectivity index (χ0n) is 14.7. The van der Waals surface area contributed by atoms with Gasteiger partial charge in [0.15, 0.2) is 0 Å². The van der Waals surface area contributed by atoms with Crippen LogP contribution in [0.1, 0.15) is 15.2 Å². The van der Waals surface area contributed by atoms with E-state index in [1.165, 1.54) is 23.8 Å². The van der Waals surface area contributed by atoms with Crippen LogP contribution in [0.4, 0.5) is 5.69 Å². The number of carbonyl (C=O) groups is 2. The second kappa shape index (κ2) is 8.78. The Morgan fingerprint density at radius 2 is 2.07 bits per heavy atom. The number of hydrogen-bond acceptors (Lipinski definition) is 8. The highest BCUT2D eigenvalue weighted by Gasteiger charge is 2.20. The lowest BCUT2D eigenvalue weighted by molar-refractivity contribution is -0.115. The van der Waals surface area contributed by atoms with E-state index in [0.29, 0.717) is 23.0 Å². The van der Waals surface area contributed by atoms with E-state index in [1.54, 1.807) is 47.3 Å². The van der Waals surface area contributed by atoms with Crippen molar-refractivity contribution in [1.82, 2.24) is 20.2 Å². The van der Waals surface area contributed by atoms with Gasteiger partial charge in [0.2, 0.25) is 11.1 Å². The lowest BCUT2D eigenvalue weighted by Gasteiger charge is -2.19. The minimum absolute atomic E-state index is 0.136. The van der Waals surface area contributed by atoms with Gasteiger partial charge in [-0.3, -0.25) is 4.79 Å². The van der Waals surface area contributed by atoms with Gasteiger partial charge in [-0.1, -0.05) is 30.0 Å². The Morgan fingerprint density at radius 1 is 1.26 bits per heavy atom. The van der Waals surface area contributed by atoms with Crippen LogP contribution in [0.25, 0.3) is 0 Å². The Kier molecular flexibility index (Phi) is 6.20. The summed E-state index contributed by atoms with van der Waals surface area (Å²) < 4.78 is 6.44. The molecule has 0 aliphatic carbocycles. The summed E-state index contributed by atoms with van der Waals surface area (Å²) in [7, 11) is 2.93. The van der Waals surface area contributed by atoms with Gasteiger partial charge in [-0.25, -0.2) is 9.48 Å². The van der Waals surface area contributed by atoms with Gasteiger partial charge >= 0.3 is 5.97 Å². The van der Waals surface area contributed by atoms with Crippen LogP contribution < -0.4 is 4.90 Å². The quantitative estimate of drug-likeness (QED) is 0.442. The molecule has 0 N–H and O–H groups in total. The van der Waals surface area contributed by atoms with E-state index >= 15 is 0 Å². The Balaban J connectivity index is 1.67. The Bertz CT molecular complexity index is 926. The molecule has 0 saturated heterocycles. The fourth-order valence-corrected chi connectivity index (χ4v) is 3.83. The first-order chi connectivity index (χ1) is 13.1. The molecule has 10 heteroatoms. The molecule has 0 bridgehead atoms. The highest BCUT2D eigenvalue weighted by molar-refractivity contribution is 7.99. The lowest BCUT2D eigenvalue weighted by atomic mass is 10.1. The number of carbonyl (C=O) groups excluding carboxylic acids is 2. The Labute approximate surface area is 164 Å². The molecule has 0 saturated carbocycles. The largest absolute Gasteiger partial charge is 0.465 e. The number of thioether (sulfide) groups is 1. The molecule has 0 radical (unpaired) electrons. The van der Waals surface area contributed by atoms with Gasteiger partial charge in [0, 0.05) is 11.9 Å². The first kappa shape index (κ1) is 19.1. The highest BCUT2D eigenvalue weighted by atomic mass is 32.2. The summed E-state index contributed by atoms with van der Waals surface area (Å²) in [4.78, 5) is 27.1. The van der Waals surface area contributed by atoms with Gasteiger partial charge in [0.05, 0.1) is 30.7 Å². The fraction of sp³-hybridized carbons (Fsp3) is 0.235. The van der Waals surface area contributed by atoms with Crippen LogP contribution in [0.3, 0.4) is 0 Å². The standard InChI is InChI=1S/C17H17N5O3S2/c1-21(14-8-4-3-7-13(14)16(24)25-2)15(23)11-27-17-18-19-20-22(17)10-12-6-5-9-26-12/h3-9H,10-11H2,1-2H3. The van der Waals surface area contributed by atoms with Crippen LogP contribution in [0.15, 0.2) is 46.9 Å². The summed E-state index contributed by atoms with van der Waals surface area (Å²) >= 11 is 2.87. The van der Waals surface area contributed by atoms with Crippen LogP contribution >= 0.6 is 23.1 Å². The number of hydrogen-bond donors (Lipinski definition) is 0. The summed E-state index contributed by atoms with van der Waals surface area (Å²) in [5, 5.41) is 14.2. The number of ether oxygens (including phenoxy) is 1. The molecule has 27 heavy (non-hydrogen) atoms. The van der Waals surface area contributed by atoms with Gasteiger partial charge in [0.1, 0.15) is 0 Å². The molecule has 2 aromatic heterocycles. The minimum atomic E-state index is -0.488. The molecule has 3 aromatic rings.